The Balaban J connectivity index is 1.33. The molecule has 1 saturated heterocycles. The minimum absolute atomic E-state index is 0.206. The molecule has 0 atom stereocenters. The van der Waals surface area contributed by atoms with Crippen LogP contribution < -0.4 is 21.3 Å². The minimum Gasteiger partial charge on any atom is -0.375 e. The zero-order chi connectivity index (χ0) is 22.8. The van der Waals surface area contributed by atoms with Crippen molar-refractivity contribution in [2.24, 2.45) is 0 Å². The molecule has 4 N–H and O–H groups in total. The Morgan fingerprint density at radius 2 is 1.91 bits per heavy atom. The highest BCUT2D eigenvalue weighted by Crippen LogP contribution is 2.30. The van der Waals surface area contributed by atoms with Crippen molar-refractivity contribution >= 4 is 44.8 Å². The third-order valence-corrected chi connectivity index (χ3v) is 6.88. The third-order valence-electron chi connectivity index (χ3n) is 6.01. The molecule has 0 aliphatic carbocycles. The maximum atomic E-state index is 12.9. The number of nitrogens with zero attached hydrogens (tertiary/aromatic N) is 4. The van der Waals surface area contributed by atoms with E-state index in [1.54, 1.807) is 24.7 Å². The summed E-state index contributed by atoms with van der Waals surface area (Å²) in [5.41, 5.74) is 7.36. The van der Waals surface area contributed by atoms with Crippen molar-refractivity contribution in [3.8, 4) is 10.4 Å². The fourth-order valence-corrected chi connectivity index (χ4v) is 4.78. The van der Waals surface area contributed by atoms with Crippen molar-refractivity contribution in [2.45, 2.75) is 18.9 Å². The predicted molar refractivity (Wildman–Crippen MR) is 134 cm³/mol. The number of nitrogens with one attached hydrogen (secondary N) is 2. The SMILES string of the molecule is CNC1CCN(c2cc(C(=O)Nc3cc4cc(-c5cnc(N)s5)ccc4cn3)ccn2)CC1. The van der Waals surface area contributed by atoms with Crippen LogP contribution in [-0.2, 0) is 0 Å². The van der Waals surface area contributed by atoms with Crippen LogP contribution in [0.1, 0.15) is 23.2 Å². The van der Waals surface area contributed by atoms with Gasteiger partial charge in [0.2, 0.25) is 0 Å². The Morgan fingerprint density at radius 1 is 1.06 bits per heavy atom. The Labute approximate surface area is 195 Å². The summed E-state index contributed by atoms with van der Waals surface area (Å²) in [6.07, 6.45) is 7.35. The number of piperidine rings is 1. The van der Waals surface area contributed by atoms with Gasteiger partial charge in [0.1, 0.15) is 11.6 Å². The minimum atomic E-state index is -0.206. The van der Waals surface area contributed by atoms with E-state index in [1.165, 1.54) is 11.3 Å². The van der Waals surface area contributed by atoms with E-state index in [9.17, 15) is 4.79 Å². The van der Waals surface area contributed by atoms with E-state index in [0.717, 1.165) is 53.0 Å². The summed E-state index contributed by atoms with van der Waals surface area (Å²) >= 11 is 1.44. The van der Waals surface area contributed by atoms with Crippen LogP contribution in [0.25, 0.3) is 21.2 Å². The van der Waals surface area contributed by atoms with E-state index >= 15 is 0 Å². The fourth-order valence-electron chi connectivity index (χ4n) is 4.10. The second-order valence-electron chi connectivity index (χ2n) is 8.10. The highest BCUT2D eigenvalue weighted by molar-refractivity contribution is 7.18. The number of anilines is 3. The quantitative estimate of drug-likeness (QED) is 0.417. The van der Waals surface area contributed by atoms with Crippen LogP contribution >= 0.6 is 11.3 Å². The zero-order valence-corrected chi connectivity index (χ0v) is 19.1. The van der Waals surface area contributed by atoms with E-state index < -0.39 is 0 Å². The van der Waals surface area contributed by atoms with Crippen LogP contribution in [0.5, 0.6) is 0 Å². The summed E-state index contributed by atoms with van der Waals surface area (Å²) in [6.45, 7) is 1.84. The molecule has 5 rings (SSSR count). The Kier molecular flexibility index (Phi) is 5.89. The summed E-state index contributed by atoms with van der Waals surface area (Å²) in [6, 6.07) is 12.1. The first-order chi connectivity index (χ1) is 16.1. The fraction of sp³-hybridized carbons (Fsp3) is 0.250. The van der Waals surface area contributed by atoms with Crippen LogP contribution in [0.15, 0.2) is 55.0 Å². The largest absolute Gasteiger partial charge is 0.375 e. The van der Waals surface area contributed by atoms with Gasteiger partial charge in [0.05, 0.1) is 4.88 Å². The lowest BCUT2D eigenvalue weighted by molar-refractivity contribution is 0.102. The number of carbonyl (C=O) groups excluding carboxylic acids is 1. The number of nitrogen functional groups attached to an aromatic ring is 1. The van der Waals surface area contributed by atoms with Gasteiger partial charge in [-0.3, -0.25) is 4.79 Å². The van der Waals surface area contributed by atoms with E-state index in [2.05, 4.69) is 36.6 Å². The normalized spacial score (nSPS) is 14.5. The van der Waals surface area contributed by atoms with Crippen molar-refractivity contribution < 1.29 is 4.79 Å². The van der Waals surface area contributed by atoms with Crippen molar-refractivity contribution in [1.82, 2.24) is 20.3 Å². The number of benzene rings is 1. The topological polar surface area (TPSA) is 109 Å². The van der Waals surface area contributed by atoms with Gasteiger partial charge in [-0.2, -0.15) is 0 Å². The first-order valence-corrected chi connectivity index (χ1v) is 11.7. The van der Waals surface area contributed by atoms with Gasteiger partial charge < -0.3 is 21.3 Å². The van der Waals surface area contributed by atoms with Gasteiger partial charge in [0, 0.05) is 48.7 Å². The standard InChI is InChI=1S/C24H25N7OS/c1-26-19-5-8-31(9-6-19)22-12-16(4-7-27-22)23(32)30-21-11-18-10-15(2-3-17(18)13-28-21)20-14-29-24(25)33-20/h2-4,7,10-14,19,26H,5-6,8-9H2,1H3,(H2,25,29)(H,28,30,32). The lowest BCUT2D eigenvalue weighted by Gasteiger charge is -2.32. The van der Waals surface area contributed by atoms with Gasteiger partial charge in [0.25, 0.3) is 5.91 Å². The molecule has 4 aromatic rings. The number of thiazole rings is 1. The average molecular weight is 460 g/mol. The van der Waals surface area contributed by atoms with Crippen molar-refractivity contribution in [1.29, 1.82) is 0 Å². The molecule has 0 saturated carbocycles. The molecule has 0 radical (unpaired) electrons. The van der Waals surface area contributed by atoms with Crippen LogP contribution in [0.4, 0.5) is 16.8 Å². The summed E-state index contributed by atoms with van der Waals surface area (Å²) in [4.78, 5) is 29.2. The highest BCUT2D eigenvalue weighted by atomic mass is 32.1. The molecule has 1 aromatic carbocycles. The summed E-state index contributed by atoms with van der Waals surface area (Å²) in [5, 5.41) is 8.77. The van der Waals surface area contributed by atoms with Gasteiger partial charge in [-0.25, -0.2) is 15.0 Å². The van der Waals surface area contributed by atoms with Gasteiger partial charge in [-0.1, -0.05) is 23.5 Å². The number of nitrogens with two attached hydrogens (primary N) is 1. The second-order valence-corrected chi connectivity index (χ2v) is 9.16. The highest BCUT2D eigenvalue weighted by Gasteiger charge is 2.19. The maximum absolute atomic E-state index is 12.9. The Hall–Kier alpha value is -3.56. The van der Waals surface area contributed by atoms with Crippen LogP contribution in [0.3, 0.4) is 0 Å². The average Bonchev–Trinajstić information content (AvgIpc) is 3.30. The summed E-state index contributed by atoms with van der Waals surface area (Å²) in [7, 11) is 2.00. The molecule has 9 heteroatoms. The molecule has 33 heavy (non-hydrogen) atoms. The number of rotatable bonds is 5. The van der Waals surface area contributed by atoms with Crippen molar-refractivity contribution in [2.75, 3.05) is 36.1 Å². The molecule has 0 bridgehead atoms. The number of aromatic nitrogens is 3. The maximum Gasteiger partial charge on any atom is 0.257 e. The Bertz CT molecular complexity index is 1300. The number of fused-ring (bicyclic) bond motifs is 1. The molecule has 4 heterocycles. The van der Waals surface area contributed by atoms with Crippen molar-refractivity contribution in [3.63, 3.8) is 0 Å². The summed E-state index contributed by atoms with van der Waals surface area (Å²) < 4.78 is 0. The van der Waals surface area contributed by atoms with Gasteiger partial charge in [-0.15, -0.1) is 0 Å². The number of amides is 1. The second kappa shape index (κ2) is 9.13. The number of carbonyl (C=O) groups is 1. The van der Waals surface area contributed by atoms with Crippen LogP contribution in [0, 0.1) is 0 Å². The van der Waals surface area contributed by atoms with Crippen molar-refractivity contribution in [3.05, 3.63) is 60.6 Å². The summed E-state index contributed by atoms with van der Waals surface area (Å²) in [5.74, 6) is 1.13. The first-order valence-electron chi connectivity index (χ1n) is 10.9. The lowest BCUT2D eigenvalue weighted by atomic mass is 10.1. The molecule has 1 aliphatic rings. The molecule has 168 valence electrons. The van der Waals surface area contributed by atoms with E-state index in [4.69, 9.17) is 5.73 Å². The van der Waals surface area contributed by atoms with Gasteiger partial charge in [-0.05, 0) is 55.1 Å². The molecular formula is C24H25N7OS. The smallest absolute Gasteiger partial charge is 0.257 e. The third kappa shape index (κ3) is 4.64. The molecule has 1 aliphatic heterocycles. The van der Waals surface area contributed by atoms with Gasteiger partial charge >= 0.3 is 0 Å². The van der Waals surface area contributed by atoms with E-state index in [1.807, 2.05) is 31.3 Å². The number of pyridine rings is 2. The monoisotopic (exact) mass is 459 g/mol. The molecular weight excluding hydrogens is 434 g/mol. The lowest BCUT2D eigenvalue weighted by Crippen LogP contribution is -2.41. The van der Waals surface area contributed by atoms with Crippen LogP contribution in [0.2, 0.25) is 0 Å². The predicted octanol–water partition coefficient (Wildman–Crippen LogP) is 3.78. The zero-order valence-electron chi connectivity index (χ0n) is 18.3. The first kappa shape index (κ1) is 21.3. The molecule has 1 amide bonds. The number of hydrogen-bond acceptors (Lipinski definition) is 8. The molecule has 8 nitrogen and oxygen atoms in total. The van der Waals surface area contributed by atoms with E-state index in [-0.39, 0.29) is 5.91 Å². The molecule has 0 spiro atoms. The Morgan fingerprint density at radius 3 is 2.67 bits per heavy atom. The number of hydrogen-bond donors (Lipinski definition) is 3. The molecule has 1 fully saturated rings. The van der Waals surface area contributed by atoms with Gasteiger partial charge in [0.15, 0.2) is 5.13 Å². The molecule has 3 aromatic heterocycles. The van der Waals surface area contributed by atoms with E-state index in [0.29, 0.717) is 22.6 Å². The molecule has 0 unspecified atom stereocenters. The van der Waals surface area contributed by atoms with Crippen LogP contribution in [-0.4, -0.2) is 47.0 Å².